The average Bonchev–Trinajstić information content (AvgIpc) is 2.30. The van der Waals surface area contributed by atoms with Crippen LogP contribution in [0.3, 0.4) is 0 Å². The fourth-order valence-corrected chi connectivity index (χ4v) is 1.64. The second kappa shape index (κ2) is 4.31. The summed E-state index contributed by atoms with van der Waals surface area (Å²) in [4.78, 5) is 12.8. The van der Waals surface area contributed by atoms with Crippen LogP contribution in [0.25, 0.3) is 0 Å². The zero-order valence-corrected chi connectivity index (χ0v) is 8.35. The molecule has 1 saturated heterocycles. The molecule has 1 heterocycles. The monoisotopic (exact) mass is 209 g/mol. The number of anilines is 1. The molecule has 1 aromatic carbocycles. The number of rotatable bonds is 2. The number of carboxylic acids is 1. The van der Waals surface area contributed by atoms with Crippen LogP contribution in [0.15, 0.2) is 24.3 Å². The molecule has 4 nitrogen and oxygen atoms in total. The van der Waals surface area contributed by atoms with Crippen LogP contribution in [0.1, 0.15) is 10.4 Å². The largest absolute Gasteiger partial charge is 0.478 e. The molecule has 2 rings (SSSR count). The highest BCUT2D eigenvalue weighted by Gasteiger charge is 2.11. The minimum absolute atomic E-state index is 0.326. The van der Waals surface area contributed by atoms with Crippen molar-refractivity contribution in [1.82, 2.24) is 0 Å². The highest BCUT2D eigenvalue weighted by atomic mass is 16.6. The van der Waals surface area contributed by atoms with E-state index in [4.69, 9.17) is 9.84 Å². The second-order valence-electron chi connectivity index (χ2n) is 3.45. The topological polar surface area (TPSA) is 49.8 Å². The SMILES string of the molecule is O=[14C](O)c1ccc(N2CCOCC2)cc1. The van der Waals surface area contributed by atoms with E-state index in [1.165, 1.54) is 0 Å². The highest BCUT2D eigenvalue weighted by Crippen LogP contribution is 2.16. The molecule has 1 aliphatic heterocycles. The van der Waals surface area contributed by atoms with Gasteiger partial charge in [0.15, 0.2) is 0 Å². The molecule has 0 bridgehead atoms. The first kappa shape index (κ1) is 9.98. The van der Waals surface area contributed by atoms with Gasteiger partial charge in [-0.05, 0) is 24.3 Å². The summed E-state index contributed by atoms with van der Waals surface area (Å²) in [6.07, 6.45) is 0. The predicted octanol–water partition coefficient (Wildman–Crippen LogP) is 1.22. The fourth-order valence-electron chi connectivity index (χ4n) is 1.64. The van der Waals surface area contributed by atoms with Crippen LogP contribution in [0, 0.1) is 0 Å². The lowest BCUT2D eigenvalue weighted by atomic mass is 10.2. The van der Waals surface area contributed by atoms with Crippen molar-refractivity contribution in [3.63, 3.8) is 0 Å². The number of morpholine rings is 1. The van der Waals surface area contributed by atoms with Gasteiger partial charge in [0.1, 0.15) is 0 Å². The van der Waals surface area contributed by atoms with Gasteiger partial charge in [0.2, 0.25) is 0 Å². The highest BCUT2D eigenvalue weighted by molar-refractivity contribution is 5.88. The Morgan fingerprint density at radius 2 is 1.80 bits per heavy atom. The smallest absolute Gasteiger partial charge is 0.335 e. The molecule has 15 heavy (non-hydrogen) atoms. The third kappa shape index (κ3) is 2.27. The maximum atomic E-state index is 10.7. The van der Waals surface area contributed by atoms with Crippen molar-refractivity contribution in [3.8, 4) is 0 Å². The molecule has 0 spiro atoms. The van der Waals surface area contributed by atoms with E-state index in [0.29, 0.717) is 5.56 Å². The van der Waals surface area contributed by atoms with Gasteiger partial charge in [0, 0.05) is 18.8 Å². The Balaban J connectivity index is 2.11. The number of carboxylic acid groups (broad SMARTS) is 1. The van der Waals surface area contributed by atoms with E-state index in [1.54, 1.807) is 12.1 Å². The lowest BCUT2D eigenvalue weighted by Gasteiger charge is -2.28. The number of carbonyl (C=O) groups is 1. The molecule has 1 fully saturated rings. The van der Waals surface area contributed by atoms with Crippen molar-refractivity contribution in [3.05, 3.63) is 29.8 Å². The van der Waals surface area contributed by atoms with Crippen LogP contribution < -0.4 is 4.90 Å². The van der Waals surface area contributed by atoms with Gasteiger partial charge in [0.25, 0.3) is 0 Å². The molecular formula is C11H13NO3. The maximum absolute atomic E-state index is 10.7. The van der Waals surface area contributed by atoms with Crippen LogP contribution in [-0.2, 0) is 4.74 Å². The van der Waals surface area contributed by atoms with Crippen molar-refractivity contribution in [2.24, 2.45) is 0 Å². The van der Waals surface area contributed by atoms with Crippen molar-refractivity contribution in [2.75, 3.05) is 31.2 Å². The number of ether oxygens (including phenoxy) is 1. The van der Waals surface area contributed by atoms with E-state index >= 15 is 0 Å². The zero-order valence-electron chi connectivity index (χ0n) is 8.35. The summed E-state index contributed by atoms with van der Waals surface area (Å²) in [6, 6.07) is 6.95. The van der Waals surface area contributed by atoms with E-state index in [2.05, 4.69) is 4.90 Å². The second-order valence-corrected chi connectivity index (χ2v) is 3.45. The first-order valence-electron chi connectivity index (χ1n) is 4.93. The van der Waals surface area contributed by atoms with Gasteiger partial charge in [-0.15, -0.1) is 0 Å². The summed E-state index contributed by atoms with van der Waals surface area (Å²) in [5.41, 5.74) is 1.38. The summed E-state index contributed by atoms with van der Waals surface area (Å²) >= 11 is 0. The molecule has 4 heteroatoms. The molecule has 0 aromatic heterocycles. The normalized spacial score (nSPS) is 16.4. The molecule has 1 N–H and O–H groups in total. The van der Waals surface area contributed by atoms with Crippen molar-refractivity contribution < 1.29 is 14.6 Å². The van der Waals surface area contributed by atoms with E-state index in [9.17, 15) is 4.79 Å². The van der Waals surface area contributed by atoms with Crippen molar-refractivity contribution in [1.29, 1.82) is 0 Å². The van der Waals surface area contributed by atoms with E-state index in [-0.39, 0.29) is 0 Å². The Kier molecular flexibility index (Phi) is 2.87. The first-order chi connectivity index (χ1) is 7.27. The minimum Gasteiger partial charge on any atom is -0.478 e. The molecule has 0 saturated carbocycles. The summed E-state index contributed by atoms with van der Waals surface area (Å²) < 4.78 is 5.25. The van der Waals surface area contributed by atoms with Gasteiger partial charge < -0.3 is 14.7 Å². The first-order valence-corrected chi connectivity index (χ1v) is 4.93. The third-order valence-corrected chi connectivity index (χ3v) is 2.49. The van der Waals surface area contributed by atoms with Crippen molar-refractivity contribution in [2.45, 2.75) is 0 Å². The molecule has 0 unspecified atom stereocenters. The van der Waals surface area contributed by atoms with Crippen LogP contribution >= 0.6 is 0 Å². The number of hydrogen-bond donors (Lipinski definition) is 1. The molecule has 0 amide bonds. The number of hydrogen-bond acceptors (Lipinski definition) is 3. The number of aromatic carboxylic acids is 1. The Bertz CT molecular complexity index is 341. The molecule has 80 valence electrons. The Hall–Kier alpha value is -1.55. The lowest BCUT2D eigenvalue weighted by molar-refractivity contribution is 0.0697. The van der Waals surface area contributed by atoms with Crippen LogP contribution in [0.5, 0.6) is 0 Å². The van der Waals surface area contributed by atoms with E-state index in [0.717, 1.165) is 32.0 Å². The van der Waals surface area contributed by atoms with E-state index < -0.39 is 5.97 Å². The third-order valence-electron chi connectivity index (χ3n) is 2.49. The average molecular weight is 209 g/mol. The van der Waals surface area contributed by atoms with Crippen LogP contribution in [-0.4, -0.2) is 37.4 Å². The predicted molar refractivity (Wildman–Crippen MR) is 56.4 cm³/mol. The summed E-state index contributed by atoms with van der Waals surface area (Å²) in [6.45, 7) is 3.21. The van der Waals surface area contributed by atoms with Gasteiger partial charge in [-0.1, -0.05) is 0 Å². The molecule has 0 aliphatic carbocycles. The maximum Gasteiger partial charge on any atom is 0.335 e. The fraction of sp³-hybridized carbons (Fsp3) is 0.364. The number of benzene rings is 1. The molecule has 1 aromatic rings. The lowest BCUT2D eigenvalue weighted by Crippen LogP contribution is -2.36. The van der Waals surface area contributed by atoms with Gasteiger partial charge >= 0.3 is 5.97 Å². The Morgan fingerprint density at radius 3 is 2.33 bits per heavy atom. The quantitative estimate of drug-likeness (QED) is 0.795. The summed E-state index contributed by atoms with van der Waals surface area (Å²) in [7, 11) is 0. The van der Waals surface area contributed by atoms with Gasteiger partial charge in [0.05, 0.1) is 18.8 Å². The van der Waals surface area contributed by atoms with Gasteiger partial charge in [-0.25, -0.2) is 4.79 Å². The molecule has 1 aliphatic rings. The zero-order chi connectivity index (χ0) is 10.7. The molecular weight excluding hydrogens is 196 g/mol. The Labute approximate surface area is 88.1 Å². The molecule has 0 atom stereocenters. The summed E-state index contributed by atoms with van der Waals surface area (Å²) in [5, 5.41) is 8.75. The molecule has 0 radical (unpaired) electrons. The minimum atomic E-state index is -0.886. The van der Waals surface area contributed by atoms with Crippen LogP contribution in [0.4, 0.5) is 5.69 Å². The van der Waals surface area contributed by atoms with E-state index in [1.807, 2.05) is 12.1 Å². The van der Waals surface area contributed by atoms with Gasteiger partial charge in [-0.3, -0.25) is 0 Å². The van der Waals surface area contributed by atoms with Crippen molar-refractivity contribution >= 4 is 11.7 Å². The standard InChI is InChI=1S/C11H13NO3/c13-11(14)9-1-3-10(4-2-9)12-5-7-15-8-6-12/h1-4H,5-8H2,(H,13,14)/i11+2. The Morgan fingerprint density at radius 1 is 1.20 bits per heavy atom. The van der Waals surface area contributed by atoms with Gasteiger partial charge in [-0.2, -0.15) is 0 Å². The summed E-state index contributed by atoms with van der Waals surface area (Å²) in [5.74, 6) is -0.886. The van der Waals surface area contributed by atoms with Crippen LogP contribution in [0.2, 0.25) is 0 Å². The number of nitrogens with zero attached hydrogens (tertiary/aromatic N) is 1.